The number of piperidine rings is 1. The molecule has 20 heavy (non-hydrogen) atoms. The Morgan fingerprint density at radius 1 is 1.45 bits per heavy atom. The van der Waals surface area contributed by atoms with Gasteiger partial charge in [-0.15, -0.1) is 24.8 Å². The van der Waals surface area contributed by atoms with E-state index in [-0.39, 0.29) is 42.7 Å². The maximum absolute atomic E-state index is 12.2. The highest BCUT2D eigenvalue weighted by atomic mass is 35.5. The van der Waals surface area contributed by atoms with E-state index >= 15 is 0 Å². The lowest BCUT2D eigenvalue weighted by Crippen LogP contribution is -2.48. The largest absolute Gasteiger partial charge is 0.344 e. The molecule has 0 spiro atoms. The summed E-state index contributed by atoms with van der Waals surface area (Å²) in [6.07, 6.45) is 3.41. The summed E-state index contributed by atoms with van der Waals surface area (Å²) in [7, 11) is 4.04. The molecule has 3 unspecified atom stereocenters. The molecule has 6 heteroatoms. The molecule has 3 atom stereocenters. The zero-order valence-electron chi connectivity index (χ0n) is 13.2. The van der Waals surface area contributed by atoms with Crippen LogP contribution in [0.4, 0.5) is 0 Å². The standard InChI is InChI=1S/C14H29N3O.2ClH/c1-5-11(2)13(15)14(18)17(4)10-12-7-6-8-16(3)9-12;;/h11-13H,5-10,15H2,1-4H3;2*1H. The molecule has 0 radical (unpaired) electrons. The number of likely N-dealkylation sites (tertiary alicyclic amines) is 1. The van der Waals surface area contributed by atoms with Gasteiger partial charge in [0.25, 0.3) is 0 Å². The lowest BCUT2D eigenvalue weighted by atomic mass is 9.96. The van der Waals surface area contributed by atoms with Crippen LogP contribution < -0.4 is 5.73 Å². The fraction of sp³-hybridized carbons (Fsp3) is 0.929. The van der Waals surface area contributed by atoms with Crippen molar-refractivity contribution < 1.29 is 4.79 Å². The van der Waals surface area contributed by atoms with E-state index in [0.29, 0.717) is 5.92 Å². The summed E-state index contributed by atoms with van der Waals surface area (Å²) in [6.45, 7) is 7.24. The van der Waals surface area contributed by atoms with Gasteiger partial charge in [-0.1, -0.05) is 20.3 Å². The minimum Gasteiger partial charge on any atom is -0.344 e. The second-order valence-corrected chi connectivity index (χ2v) is 5.90. The third kappa shape index (κ3) is 6.61. The van der Waals surface area contributed by atoms with Crippen LogP contribution in [0, 0.1) is 11.8 Å². The molecule has 1 heterocycles. The minimum atomic E-state index is -0.346. The molecule has 0 aromatic rings. The van der Waals surface area contributed by atoms with E-state index in [1.807, 2.05) is 18.9 Å². The Balaban J connectivity index is 0. The van der Waals surface area contributed by atoms with Gasteiger partial charge >= 0.3 is 0 Å². The Kier molecular flexibility index (Phi) is 11.9. The summed E-state index contributed by atoms with van der Waals surface area (Å²) in [5, 5.41) is 0. The monoisotopic (exact) mass is 327 g/mol. The molecule has 0 aliphatic carbocycles. The molecular weight excluding hydrogens is 297 g/mol. The first-order valence-electron chi connectivity index (χ1n) is 7.14. The number of amides is 1. The average Bonchev–Trinajstić information content (AvgIpc) is 2.36. The molecule has 2 N–H and O–H groups in total. The van der Waals surface area contributed by atoms with Crippen LogP contribution in [0.25, 0.3) is 0 Å². The normalized spacial score (nSPS) is 22.1. The van der Waals surface area contributed by atoms with Gasteiger partial charge in [-0.2, -0.15) is 0 Å². The summed E-state index contributed by atoms with van der Waals surface area (Å²) < 4.78 is 0. The third-order valence-corrected chi connectivity index (χ3v) is 4.17. The first-order chi connectivity index (χ1) is 8.45. The van der Waals surface area contributed by atoms with Crippen LogP contribution in [-0.4, -0.2) is 55.5 Å². The average molecular weight is 328 g/mol. The molecule has 1 rings (SSSR count). The number of nitrogens with two attached hydrogens (primary N) is 1. The number of likely N-dealkylation sites (N-methyl/N-ethyl adjacent to an activating group) is 1. The number of carbonyl (C=O) groups is 1. The van der Waals surface area contributed by atoms with Crippen molar-refractivity contribution in [3.8, 4) is 0 Å². The highest BCUT2D eigenvalue weighted by molar-refractivity contribution is 5.85. The van der Waals surface area contributed by atoms with Crippen LogP contribution in [0.15, 0.2) is 0 Å². The van der Waals surface area contributed by atoms with Gasteiger partial charge in [-0.3, -0.25) is 4.79 Å². The fourth-order valence-electron chi connectivity index (χ4n) is 2.65. The lowest BCUT2D eigenvalue weighted by molar-refractivity contribution is -0.133. The van der Waals surface area contributed by atoms with Gasteiger partial charge in [0.1, 0.15) is 0 Å². The number of nitrogens with zero attached hydrogens (tertiary/aromatic N) is 2. The maximum atomic E-state index is 12.2. The van der Waals surface area contributed by atoms with Gasteiger partial charge in [-0.25, -0.2) is 0 Å². The predicted molar refractivity (Wildman–Crippen MR) is 89.8 cm³/mol. The smallest absolute Gasteiger partial charge is 0.239 e. The first-order valence-corrected chi connectivity index (χ1v) is 7.14. The second kappa shape index (κ2) is 10.7. The summed E-state index contributed by atoms with van der Waals surface area (Å²) in [5.41, 5.74) is 6.00. The molecule has 1 aliphatic heterocycles. The van der Waals surface area contributed by atoms with Gasteiger partial charge in [0.2, 0.25) is 5.91 Å². The molecule has 1 amide bonds. The Morgan fingerprint density at radius 3 is 2.55 bits per heavy atom. The Hall–Kier alpha value is -0.0300. The zero-order valence-corrected chi connectivity index (χ0v) is 14.8. The van der Waals surface area contributed by atoms with Crippen molar-refractivity contribution in [3.05, 3.63) is 0 Å². The molecule has 0 saturated carbocycles. The van der Waals surface area contributed by atoms with Crippen LogP contribution >= 0.6 is 24.8 Å². The van der Waals surface area contributed by atoms with E-state index in [1.54, 1.807) is 0 Å². The number of carbonyl (C=O) groups excluding carboxylic acids is 1. The highest BCUT2D eigenvalue weighted by Crippen LogP contribution is 2.17. The fourth-order valence-corrected chi connectivity index (χ4v) is 2.65. The quantitative estimate of drug-likeness (QED) is 0.840. The molecule has 1 fully saturated rings. The Bertz CT molecular complexity index is 279. The van der Waals surface area contributed by atoms with Gasteiger partial charge in [-0.05, 0) is 38.3 Å². The minimum absolute atomic E-state index is 0. The van der Waals surface area contributed by atoms with E-state index in [2.05, 4.69) is 18.9 Å². The van der Waals surface area contributed by atoms with Crippen molar-refractivity contribution in [3.63, 3.8) is 0 Å². The van der Waals surface area contributed by atoms with Crippen molar-refractivity contribution in [1.29, 1.82) is 0 Å². The summed E-state index contributed by atoms with van der Waals surface area (Å²) in [6, 6.07) is -0.346. The van der Waals surface area contributed by atoms with Crippen molar-refractivity contribution in [2.24, 2.45) is 17.6 Å². The number of halogens is 2. The van der Waals surface area contributed by atoms with E-state index in [9.17, 15) is 4.79 Å². The first kappa shape index (κ1) is 22.3. The van der Waals surface area contributed by atoms with Crippen LogP contribution in [-0.2, 0) is 4.79 Å². The second-order valence-electron chi connectivity index (χ2n) is 5.90. The van der Waals surface area contributed by atoms with E-state index in [4.69, 9.17) is 5.73 Å². The van der Waals surface area contributed by atoms with Gasteiger partial charge in [0.05, 0.1) is 6.04 Å². The Labute approximate surface area is 136 Å². The molecule has 1 aliphatic rings. The molecule has 4 nitrogen and oxygen atoms in total. The van der Waals surface area contributed by atoms with E-state index in [0.717, 1.165) is 19.5 Å². The van der Waals surface area contributed by atoms with Crippen molar-refractivity contribution in [2.75, 3.05) is 33.7 Å². The number of rotatable bonds is 5. The highest BCUT2D eigenvalue weighted by Gasteiger charge is 2.25. The summed E-state index contributed by atoms with van der Waals surface area (Å²) in [4.78, 5) is 16.4. The summed E-state index contributed by atoms with van der Waals surface area (Å²) in [5.74, 6) is 0.952. The van der Waals surface area contributed by atoms with Crippen molar-refractivity contribution >= 4 is 30.7 Å². The van der Waals surface area contributed by atoms with Crippen LogP contribution in [0.2, 0.25) is 0 Å². The van der Waals surface area contributed by atoms with Gasteiger partial charge < -0.3 is 15.5 Å². The third-order valence-electron chi connectivity index (χ3n) is 4.17. The molecule has 122 valence electrons. The number of hydrogen-bond donors (Lipinski definition) is 1. The topological polar surface area (TPSA) is 49.6 Å². The van der Waals surface area contributed by atoms with Crippen LogP contribution in [0.5, 0.6) is 0 Å². The number of hydrogen-bond acceptors (Lipinski definition) is 3. The van der Waals surface area contributed by atoms with Crippen molar-refractivity contribution in [1.82, 2.24) is 9.80 Å². The van der Waals surface area contributed by atoms with Crippen LogP contribution in [0.1, 0.15) is 33.1 Å². The Morgan fingerprint density at radius 2 is 2.05 bits per heavy atom. The lowest BCUT2D eigenvalue weighted by Gasteiger charge is -2.33. The molecule has 1 saturated heterocycles. The zero-order chi connectivity index (χ0) is 13.7. The SMILES string of the molecule is CCC(C)C(N)C(=O)N(C)CC1CCCN(C)C1.Cl.Cl. The molecular formula is C14H31Cl2N3O. The molecule has 0 bridgehead atoms. The van der Waals surface area contributed by atoms with Crippen LogP contribution in [0.3, 0.4) is 0 Å². The predicted octanol–water partition coefficient (Wildman–Crippen LogP) is 2.00. The van der Waals surface area contributed by atoms with Gasteiger partial charge in [0.15, 0.2) is 0 Å². The van der Waals surface area contributed by atoms with Gasteiger partial charge in [0, 0.05) is 20.1 Å². The molecule has 0 aromatic carbocycles. The maximum Gasteiger partial charge on any atom is 0.239 e. The van der Waals surface area contributed by atoms with E-state index < -0.39 is 0 Å². The van der Waals surface area contributed by atoms with Crippen molar-refractivity contribution in [2.45, 2.75) is 39.2 Å². The molecule has 0 aromatic heterocycles. The summed E-state index contributed by atoms with van der Waals surface area (Å²) >= 11 is 0. The van der Waals surface area contributed by atoms with E-state index in [1.165, 1.54) is 19.4 Å².